The number of ether oxygens (including phenoxy) is 2. The standard InChI is InChI=1S/C24H23F3N2O3/c1-3-31-23(30)11-7-17-6-10-21(12-16(17)2)32-15-22-28-13-19(14-29-22)18-4-8-20(9-5-18)24(25,26)27/h4-6,8-10,12-14H,3,7,11,15H2,1-2H3. The lowest BCUT2D eigenvalue weighted by molar-refractivity contribution is -0.143. The molecule has 1 aromatic heterocycles. The van der Waals surface area contributed by atoms with Crippen LogP contribution in [0.2, 0.25) is 0 Å². The summed E-state index contributed by atoms with van der Waals surface area (Å²) in [6, 6.07) is 10.5. The van der Waals surface area contributed by atoms with Crippen molar-refractivity contribution in [1.29, 1.82) is 0 Å². The number of hydrogen-bond acceptors (Lipinski definition) is 5. The van der Waals surface area contributed by atoms with E-state index < -0.39 is 11.7 Å². The topological polar surface area (TPSA) is 61.3 Å². The third-order valence-corrected chi connectivity index (χ3v) is 4.84. The van der Waals surface area contributed by atoms with Crippen molar-refractivity contribution in [3.8, 4) is 16.9 Å². The van der Waals surface area contributed by atoms with Crippen molar-refractivity contribution in [2.45, 2.75) is 39.5 Å². The van der Waals surface area contributed by atoms with Gasteiger partial charge in [-0.25, -0.2) is 9.97 Å². The molecule has 0 fully saturated rings. The summed E-state index contributed by atoms with van der Waals surface area (Å²) in [6.07, 6.45) is -0.336. The summed E-state index contributed by atoms with van der Waals surface area (Å²) >= 11 is 0. The van der Waals surface area contributed by atoms with Crippen LogP contribution in [0.25, 0.3) is 11.1 Å². The van der Waals surface area contributed by atoms with E-state index in [1.54, 1.807) is 19.3 Å². The fourth-order valence-corrected chi connectivity index (χ4v) is 3.09. The van der Waals surface area contributed by atoms with Crippen LogP contribution in [0, 0.1) is 6.92 Å². The van der Waals surface area contributed by atoms with Crippen molar-refractivity contribution in [2.24, 2.45) is 0 Å². The second-order valence-electron chi connectivity index (χ2n) is 7.15. The van der Waals surface area contributed by atoms with Gasteiger partial charge >= 0.3 is 12.1 Å². The molecule has 0 spiro atoms. The summed E-state index contributed by atoms with van der Waals surface area (Å²) in [5, 5.41) is 0. The second kappa shape index (κ2) is 10.3. The van der Waals surface area contributed by atoms with E-state index in [-0.39, 0.29) is 12.6 Å². The molecule has 0 aliphatic heterocycles. The highest BCUT2D eigenvalue weighted by Gasteiger charge is 2.29. The van der Waals surface area contributed by atoms with E-state index in [1.807, 2.05) is 25.1 Å². The third-order valence-electron chi connectivity index (χ3n) is 4.84. The molecule has 8 heteroatoms. The van der Waals surface area contributed by atoms with Gasteiger partial charge in [-0.1, -0.05) is 18.2 Å². The Kier molecular flexibility index (Phi) is 7.45. The lowest BCUT2D eigenvalue weighted by Gasteiger charge is -2.10. The Morgan fingerprint density at radius 2 is 1.69 bits per heavy atom. The predicted molar refractivity (Wildman–Crippen MR) is 113 cm³/mol. The maximum absolute atomic E-state index is 12.7. The molecule has 0 bridgehead atoms. The van der Waals surface area contributed by atoms with Crippen molar-refractivity contribution in [1.82, 2.24) is 9.97 Å². The van der Waals surface area contributed by atoms with E-state index in [9.17, 15) is 18.0 Å². The van der Waals surface area contributed by atoms with Gasteiger partial charge in [-0.15, -0.1) is 0 Å². The van der Waals surface area contributed by atoms with E-state index in [2.05, 4.69) is 9.97 Å². The molecule has 0 N–H and O–H groups in total. The number of hydrogen-bond donors (Lipinski definition) is 0. The van der Waals surface area contributed by atoms with E-state index in [4.69, 9.17) is 9.47 Å². The zero-order valence-corrected chi connectivity index (χ0v) is 17.8. The molecule has 0 atom stereocenters. The largest absolute Gasteiger partial charge is 0.486 e. The molecule has 3 rings (SSSR count). The monoisotopic (exact) mass is 444 g/mol. The van der Waals surface area contributed by atoms with Crippen LogP contribution in [-0.4, -0.2) is 22.5 Å². The molecular weight excluding hydrogens is 421 g/mol. The Bertz CT molecular complexity index is 1050. The maximum Gasteiger partial charge on any atom is 0.416 e. The SMILES string of the molecule is CCOC(=O)CCc1ccc(OCc2ncc(-c3ccc(C(F)(F)F)cc3)cn2)cc1C. The number of benzene rings is 2. The minimum absolute atomic E-state index is 0.148. The van der Waals surface area contributed by atoms with Crippen LogP contribution in [0.15, 0.2) is 54.9 Å². The predicted octanol–water partition coefficient (Wildman–Crippen LogP) is 5.55. The first-order chi connectivity index (χ1) is 15.3. The van der Waals surface area contributed by atoms with Gasteiger partial charge in [-0.3, -0.25) is 4.79 Å². The Labute approximate surface area is 184 Å². The minimum atomic E-state index is -4.37. The number of carbonyl (C=O) groups excluding carboxylic acids is 1. The van der Waals surface area contributed by atoms with Crippen molar-refractivity contribution in [3.63, 3.8) is 0 Å². The van der Waals surface area contributed by atoms with Crippen LogP contribution in [0.4, 0.5) is 13.2 Å². The molecule has 1 heterocycles. The van der Waals surface area contributed by atoms with E-state index in [1.165, 1.54) is 12.1 Å². The number of halogens is 3. The average molecular weight is 444 g/mol. The zero-order chi connectivity index (χ0) is 23.1. The van der Waals surface area contributed by atoms with Gasteiger partial charge in [-0.05, 0) is 61.2 Å². The lowest BCUT2D eigenvalue weighted by Crippen LogP contribution is -2.06. The van der Waals surface area contributed by atoms with Crippen molar-refractivity contribution >= 4 is 5.97 Å². The fraction of sp³-hybridized carbons (Fsp3) is 0.292. The number of aryl methyl sites for hydroxylation is 2. The van der Waals surface area contributed by atoms with Crippen molar-refractivity contribution in [3.05, 3.63) is 77.4 Å². The van der Waals surface area contributed by atoms with Gasteiger partial charge in [0.15, 0.2) is 5.82 Å². The number of nitrogens with zero attached hydrogens (tertiary/aromatic N) is 2. The molecular formula is C24H23F3N2O3. The Hall–Kier alpha value is -3.42. The van der Waals surface area contributed by atoms with Gasteiger partial charge < -0.3 is 9.47 Å². The van der Waals surface area contributed by atoms with Crippen LogP contribution in [0.3, 0.4) is 0 Å². The second-order valence-corrected chi connectivity index (χ2v) is 7.15. The fourth-order valence-electron chi connectivity index (χ4n) is 3.09. The Balaban J connectivity index is 1.57. The molecule has 168 valence electrons. The number of rotatable bonds is 8. The molecule has 0 amide bonds. The lowest BCUT2D eigenvalue weighted by atomic mass is 10.0. The first-order valence-corrected chi connectivity index (χ1v) is 10.1. The molecule has 0 saturated carbocycles. The number of aromatic nitrogens is 2. The van der Waals surface area contributed by atoms with E-state index in [0.717, 1.165) is 23.3 Å². The quantitative estimate of drug-likeness (QED) is 0.427. The average Bonchev–Trinajstić information content (AvgIpc) is 2.77. The molecule has 32 heavy (non-hydrogen) atoms. The number of carbonyl (C=O) groups is 1. The van der Waals surface area contributed by atoms with Gasteiger partial charge in [0.1, 0.15) is 12.4 Å². The highest BCUT2D eigenvalue weighted by molar-refractivity contribution is 5.69. The highest BCUT2D eigenvalue weighted by atomic mass is 19.4. The number of alkyl halides is 3. The van der Waals surface area contributed by atoms with Crippen molar-refractivity contribution < 1.29 is 27.4 Å². The molecule has 5 nitrogen and oxygen atoms in total. The highest BCUT2D eigenvalue weighted by Crippen LogP contribution is 2.30. The maximum atomic E-state index is 12.7. The normalized spacial score (nSPS) is 11.3. The van der Waals surface area contributed by atoms with Crippen molar-refractivity contribution in [2.75, 3.05) is 6.61 Å². The molecule has 2 aromatic carbocycles. The Morgan fingerprint density at radius 3 is 2.28 bits per heavy atom. The number of esters is 1. The Morgan fingerprint density at radius 1 is 1.00 bits per heavy atom. The van der Waals surface area contributed by atoms with Gasteiger partial charge in [-0.2, -0.15) is 13.2 Å². The summed E-state index contributed by atoms with van der Waals surface area (Å²) in [7, 11) is 0. The zero-order valence-electron chi connectivity index (χ0n) is 17.8. The van der Waals surface area contributed by atoms with E-state index in [0.29, 0.717) is 42.1 Å². The summed E-state index contributed by atoms with van der Waals surface area (Å²) in [4.78, 5) is 20.0. The molecule has 0 aliphatic rings. The summed E-state index contributed by atoms with van der Waals surface area (Å²) in [5.74, 6) is 0.881. The van der Waals surface area contributed by atoms with Gasteiger partial charge in [0.2, 0.25) is 0 Å². The molecule has 3 aromatic rings. The van der Waals surface area contributed by atoms with Gasteiger partial charge in [0.05, 0.1) is 12.2 Å². The molecule has 0 aliphatic carbocycles. The molecule has 0 radical (unpaired) electrons. The van der Waals surface area contributed by atoms with E-state index >= 15 is 0 Å². The smallest absolute Gasteiger partial charge is 0.416 e. The van der Waals surface area contributed by atoms with Crippen LogP contribution in [-0.2, 0) is 28.7 Å². The molecule has 0 saturated heterocycles. The van der Waals surface area contributed by atoms with Crippen LogP contribution >= 0.6 is 0 Å². The van der Waals surface area contributed by atoms with Crippen LogP contribution < -0.4 is 4.74 Å². The first-order valence-electron chi connectivity index (χ1n) is 10.1. The van der Waals surface area contributed by atoms with Crippen LogP contribution in [0.5, 0.6) is 5.75 Å². The minimum Gasteiger partial charge on any atom is -0.486 e. The van der Waals surface area contributed by atoms with Gasteiger partial charge in [0.25, 0.3) is 0 Å². The van der Waals surface area contributed by atoms with Crippen LogP contribution in [0.1, 0.15) is 35.9 Å². The van der Waals surface area contributed by atoms with Gasteiger partial charge in [0, 0.05) is 24.4 Å². The molecule has 0 unspecified atom stereocenters. The first kappa shape index (κ1) is 23.2. The summed E-state index contributed by atoms with van der Waals surface area (Å²) in [6.45, 7) is 4.25. The summed E-state index contributed by atoms with van der Waals surface area (Å²) in [5.41, 5.74) is 2.56. The summed E-state index contributed by atoms with van der Waals surface area (Å²) < 4.78 is 48.8. The third kappa shape index (κ3) is 6.29.